The molecule has 4 nitrogen and oxygen atoms in total. The van der Waals surface area contributed by atoms with Crippen molar-refractivity contribution in [1.29, 1.82) is 0 Å². The summed E-state index contributed by atoms with van der Waals surface area (Å²) in [5.74, 6) is 1.06. The fraction of sp³-hybridized carbons (Fsp3) is 0.833. The predicted octanol–water partition coefficient (Wildman–Crippen LogP) is 5.60. The van der Waals surface area contributed by atoms with Crippen molar-refractivity contribution < 1.29 is 20.1 Å². The smallest absolute Gasteiger partial charge is 0.138 e. The zero-order valence-corrected chi connectivity index (χ0v) is 22.6. The first-order chi connectivity index (χ1) is 15.6. The number of carbonyl (C=O) groups is 1. The highest BCUT2D eigenvalue weighted by molar-refractivity contribution is 5.85. The van der Waals surface area contributed by atoms with Crippen LogP contribution in [-0.2, 0) is 4.79 Å². The molecular weight excluding hydrogens is 424 g/mol. The van der Waals surface area contributed by atoms with Crippen molar-refractivity contribution >= 4 is 5.78 Å². The third kappa shape index (κ3) is 3.45. The Morgan fingerprint density at radius 3 is 2.35 bits per heavy atom. The van der Waals surface area contributed by atoms with Gasteiger partial charge in [0.1, 0.15) is 11.9 Å². The molecule has 0 unspecified atom stereocenters. The van der Waals surface area contributed by atoms with E-state index in [2.05, 4.69) is 48.1 Å². The highest BCUT2D eigenvalue weighted by Crippen LogP contribution is 2.74. The quantitative estimate of drug-likeness (QED) is 0.455. The molecule has 3 fully saturated rings. The molecule has 9 atom stereocenters. The van der Waals surface area contributed by atoms with E-state index in [0.717, 1.165) is 32.1 Å². The van der Waals surface area contributed by atoms with E-state index in [1.54, 1.807) is 6.92 Å². The van der Waals surface area contributed by atoms with E-state index >= 15 is 0 Å². The fourth-order valence-corrected chi connectivity index (χ4v) is 9.63. The molecule has 3 N–H and O–H groups in total. The van der Waals surface area contributed by atoms with E-state index in [1.165, 1.54) is 11.1 Å². The van der Waals surface area contributed by atoms with Gasteiger partial charge in [0.2, 0.25) is 0 Å². The third-order valence-electron chi connectivity index (χ3n) is 11.7. The number of fused-ring (bicyclic) bond motifs is 5. The summed E-state index contributed by atoms with van der Waals surface area (Å²) < 4.78 is 0. The van der Waals surface area contributed by atoms with Gasteiger partial charge in [-0.2, -0.15) is 0 Å². The van der Waals surface area contributed by atoms with Gasteiger partial charge >= 0.3 is 0 Å². The van der Waals surface area contributed by atoms with Gasteiger partial charge in [0.05, 0.1) is 12.2 Å². The van der Waals surface area contributed by atoms with E-state index in [1.807, 2.05) is 0 Å². The lowest BCUT2D eigenvalue weighted by Crippen LogP contribution is -2.65. The van der Waals surface area contributed by atoms with Crippen LogP contribution in [0.15, 0.2) is 23.3 Å². The Hall–Kier alpha value is -0.970. The molecule has 3 saturated carbocycles. The van der Waals surface area contributed by atoms with Crippen LogP contribution in [0.25, 0.3) is 0 Å². The topological polar surface area (TPSA) is 77.8 Å². The molecule has 0 aromatic heterocycles. The molecule has 0 aliphatic heterocycles. The predicted molar refractivity (Wildman–Crippen MR) is 136 cm³/mol. The van der Waals surface area contributed by atoms with Gasteiger partial charge in [-0.1, -0.05) is 59.3 Å². The summed E-state index contributed by atoms with van der Waals surface area (Å²) in [5, 5.41) is 32.7. The molecule has 0 saturated heterocycles. The van der Waals surface area contributed by atoms with Gasteiger partial charge in [0, 0.05) is 11.8 Å². The molecule has 4 aliphatic carbocycles. The van der Waals surface area contributed by atoms with Crippen LogP contribution >= 0.6 is 0 Å². The lowest BCUT2D eigenvalue weighted by molar-refractivity contribution is -0.208. The van der Waals surface area contributed by atoms with Crippen LogP contribution in [0, 0.1) is 39.4 Å². The van der Waals surface area contributed by atoms with E-state index in [4.69, 9.17) is 0 Å². The van der Waals surface area contributed by atoms with E-state index in [0.29, 0.717) is 36.5 Å². The van der Waals surface area contributed by atoms with Gasteiger partial charge in [0.15, 0.2) is 0 Å². The SMILES string of the molecule is C=C(C)[C@@H](O)[C@H](O)C[C@H](C)C1=C2C[C@@H](O)[C@@H]3[C@]4(C)CCC(=O)C(C)(C)[C@H]4CC[C@@]3(C)[C@]2(C)CC1. The second-order valence-corrected chi connectivity index (χ2v) is 13.7. The van der Waals surface area contributed by atoms with Crippen LogP contribution in [0.5, 0.6) is 0 Å². The van der Waals surface area contributed by atoms with Crippen LogP contribution in [0.4, 0.5) is 0 Å². The molecule has 192 valence electrons. The first-order valence-corrected chi connectivity index (χ1v) is 13.6. The Balaban J connectivity index is 1.69. The summed E-state index contributed by atoms with van der Waals surface area (Å²) in [7, 11) is 0. The van der Waals surface area contributed by atoms with Crippen molar-refractivity contribution in [2.75, 3.05) is 0 Å². The van der Waals surface area contributed by atoms with Crippen LogP contribution in [0.3, 0.4) is 0 Å². The molecule has 0 aromatic carbocycles. The number of aliphatic hydroxyl groups excluding tert-OH is 3. The van der Waals surface area contributed by atoms with Gasteiger partial charge < -0.3 is 15.3 Å². The molecule has 0 aromatic rings. The zero-order chi connectivity index (χ0) is 25.4. The highest BCUT2D eigenvalue weighted by Gasteiger charge is 2.69. The molecular formula is C30H48O4. The van der Waals surface area contributed by atoms with Gasteiger partial charge in [-0.3, -0.25) is 4.79 Å². The minimum absolute atomic E-state index is 0.0149. The average Bonchev–Trinajstić information content (AvgIpc) is 3.08. The van der Waals surface area contributed by atoms with Crippen molar-refractivity contribution in [3.63, 3.8) is 0 Å². The molecule has 4 heteroatoms. The zero-order valence-electron chi connectivity index (χ0n) is 22.6. The summed E-state index contributed by atoms with van der Waals surface area (Å²) in [6, 6.07) is 0. The summed E-state index contributed by atoms with van der Waals surface area (Å²) in [6.45, 7) is 19.2. The molecule has 34 heavy (non-hydrogen) atoms. The lowest BCUT2D eigenvalue weighted by Gasteiger charge is -2.69. The number of rotatable bonds is 5. The standard InChI is InChI=1S/C30H48O4/c1-17(2)25(34)21(31)15-18(3)19-9-13-29(7)20(19)16-22(32)26-28(6)12-11-24(33)27(4,5)23(28)10-14-30(26,29)8/h18,21-23,25-26,31-32,34H,1,9-16H2,2-8H3/t18-,21+,22+,23+,25+,26+,28+,29+,30+/m0/s1. The Labute approximate surface area is 206 Å². The average molecular weight is 473 g/mol. The van der Waals surface area contributed by atoms with Crippen molar-refractivity contribution in [1.82, 2.24) is 0 Å². The molecule has 4 aliphatic rings. The first kappa shape index (κ1) is 26.1. The number of carbonyl (C=O) groups excluding carboxylic acids is 1. The molecule has 0 heterocycles. The number of hydrogen-bond donors (Lipinski definition) is 3. The molecule has 0 radical (unpaired) electrons. The van der Waals surface area contributed by atoms with Gasteiger partial charge in [-0.15, -0.1) is 0 Å². The highest BCUT2D eigenvalue weighted by atomic mass is 16.3. The summed E-state index contributed by atoms with van der Waals surface area (Å²) in [6.07, 6.45) is 4.79. The molecule has 0 spiro atoms. The van der Waals surface area contributed by atoms with E-state index in [-0.39, 0.29) is 33.5 Å². The minimum Gasteiger partial charge on any atom is -0.392 e. The van der Waals surface area contributed by atoms with Crippen LogP contribution in [0.1, 0.15) is 99.8 Å². The normalized spacial score (nSPS) is 44.1. The van der Waals surface area contributed by atoms with E-state index in [9.17, 15) is 20.1 Å². The summed E-state index contributed by atoms with van der Waals surface area (Å²) >= 11 is 0. The van der Waals surface area contributed by atoms with Crippen LogP contribution < -0.4 is 0 Å². The number of allylic oxidation sites excluding steroid dienone is 1. The molecule has 0 bridgehead atoms. The van der Waals surface area contributed by atoms with Crippen molar-refractivity contribution in [2.24, 2.45) is 39.4 Å². The lowest BCUT2D eigenvalue weighted by atomic mass is 9.36. The molecule has 0 amide bonds. The monoisotopic (exact) mass is 472 g/mol. The first-order valence-electron chi connectivity index (χ1n) is 13.6. The van der Waals surface area contributed by atoms with Crippen LogP contribution in [0.2, 0.25) is 0 Å². The van der Waals surface area contributed by atoms with Crippen molar-refractivity contribution in [3.8, 4) is 0 Å². The van der Waals surface area contributed by atoms with E-state index < -0.39 is 18.3 Å². The summed E-state index contributed by atoms with van der Waals surface area (Å²) in [4.78, 5) is 12.9. The van der Waals surface area contributed by atoms with Gasteiger partial charge in [0.25, 0.3) is 0 Å². The maximum absolute atomic E-state index is 12.9. The Bertz CT molecular complexity index is 901. The fourth-order valence-electron chi connectivity index (χ4n) is 9.63. The summed E-state index contributed by atoms with van der Waals surface area (Å²) in [5.41, 5.74) is 3.06. The number of Topliss-reactive ketones (excluding diaryl/α,β-unsaturated/α-hetero) is 1. The Morgan fingerprint density at radius 2 is 1.74 bits per heavy atom. The number of ketones is 1. The Kier molecular flexibility index (Phi) is 6.36. The third-order valence-corrected chi connectivity index (χ3v) is 11.7. The Morgan fingerprint density at radius 1 is 1.09 bits per heavy atom. The largest absolute Gasteiger partial charge is 0.392 e. The minimum atomic E-state index is -0.896. The van der Waals surface area contributed by atoms with Crippen LogP contribution in [-0.4, -0.2) is 39.4 Å². The second kappa shape index (κ2) is 8.28. The van der Waals surface area contributed by atoms with Gasteiger partial charge in [-0.05, 0) is 91.4 Å². The van der Waals surface area contributed by atoms with Crippen molar-refractivity contribution in [3.05, 3.63) is 23.3 Å². The number of aliphatic hydroxyl groups is 3. The maximum Gasteiger partial charge on any atom is 0.138 e. The number of hydrogen-bond acceptors (Lipinski definition) is 4. The van der Waals surface area contributed by atoms with Gasteiger partial charge in [-0.25, -0.2) is 0 Å². The maximum atomic E-state index is 12.9. The van der Waals surface area contributed by atoms with Crippen molar-refractivity contribution in [2.45, 2.75) is 118 Å². The second-order valence-electron chi connectivity index (χ2n) is 13.7. The molecule has 4 rings (SSSR count).